The summed E-state index contributed by atoms with van der Waals surface area (Å²) in [7, 11) is 0. The highest BCUT2D eigenvalue weighted by atomic mass is 35.5. The maximum absolute atomic E-state index is 14.1. The third-order valence-corrected chi connectivity index (χ3v) is 12.7. The van der Waals surface area contributed by atoms with Crippen LogP contribution in [0, 0.1) is 11.6 Å². The van der Waals surface area contributed by atoms with Gasteiger partial charge in [0.25, 0.3) is 11.8 Å². The molecule has 8 rings (SSSR count). The number of hydrogen-bond acceptors (Lipinski definition) is 8. The quantitative estimate of drug-likeness (QED) is 0.185. The number of aromatic nitrogens is 2. The number of carbonyl (C=O) groups is 3. The number of pyridine rings is 2. The van der Waals surface area contributed by atoms with E-state index in [9.17, 15) is 23.2 Å². The highest BCUT2D eigenvalue weighted by Gasteiger charge is 2.40. The molecule has 2 N–H and O–H groups in total. The third-order valence-electron chi connectivity index (χ3n) is 12.1. The van der Waals surface area contributed by atoms with Gasteiger partial charge in [0.15, 0.2) is 22.7 Å². The van der Waals surface area contributed by atoms with Crippen LogP contribution in [0.3, 0.4) is 0 Å². The minimum atomic E-state index is -0.586. The first-order chi connectivity index (χ1) is 29.7. The van der Waals surface area contributed by atoms with Crippen molar-refractivity contribution in [3.8, 4) is 22.5 Å². The Morgan fingerprint density at radius 3 is 1.53 bits per heavy atom. The highest BCUT2D eigenvalue weighted by Crippen LogP contribution is 2.39. The summed E-state index contributed by atoms with van der Waals surface area (Å²) in [6, 6.07) is 16.4. The maximum atomic E-state index is 14.1. The van der Waals surface area contributed by atoms with Crippen molar-refractivity contribution in [1.82, 2.24) is 19.8 Å². The molecule has 4 aromatic heterocycles. The lowest BCUT2D eigenvalue weighted by molar-refractivity contribution is -0.124. The van der Waals surface area contributed by atoms with Crippen molar-refractivity contribution < 1.29 is 32.0 Å². The van der Waals surface area contributed by atoms with Gasteiger partial charge < -0.3 is 24.4 Å². The number of piperidine rings is 2. The molecule has 2 saturated heterocycles. The van der Waals surface area contributed by atoms with Crippen LogP contribution in [0.25, 0.3) is 44.7 Å². The summed E-state index contributed by atoms with van der Waals surface area (Å²) in [6.45, 7) is 21.1. The molecule has 338 valence electrons. The second-order valence-corrected chi connectivity index (χ2v) is 21.1. The largest absolute Gasteiger partial charge is 0.449 e. The first-order valence-corrected chi connectivity index (χ1v) is 22.2. The summed E-state index contributed by atoms with van der Waals surface area (Å²) in [5, 5.41) is 0.107. The van der Waals surface area contributed by atoms with Crippen molar-refractivity contribution in [1.29, 1.82) is 0 Å². The number of likely N-dealkylation sites (tertiary alicyclic amines) is 2. The molecule has 0 bridgehead atoms. The van der Waals surface area contributed by atoms with Crippen LogP contribution in [0.5, 0.6) is 0 Å². The number of nitrogens with two attached hydrogens (primary N) is 1. The van der Waals surface area contributed by atoms with E-state index in [1.807, 2.05) is 65.5 Å². The molecule has 2 aliphatic rings. The molecule has 6 heterocycles. The van der Waals surface area contributed by atoms with Gasteiger partial charge in [0.1, 0.15) is 28.5 Å². The topological polar surface area (TPSA) is 136 Å². The summed E-state index contributed by atoms with van der Waals surface area (Å²) in [4.78, 5) is 51.5. The van der Waals surface area contributed by atoms with E-state index in [4.69, 9.17) is 42.8 Å². The molecular formula is C50H55Cl2F2N5O5. The minimum Gasteiger partial charge on any atom is -0.449 e. The molecule has 10 nitrogen and oxygen atoms in total. The van der Waals surface area contributed by atoms with Crippen molar-refractivity contribution in [3.05, 3.63) is 105 Å². The van der Waals surface area contributed by atoms with E-state index < -0.39 is 17.2 Å². The number of rotatable bonds is 4. The molecule has 0 spiro atoms. The van der Waals surface area contributed by atoms with Gasteiger partial charge in [0.05, 0.1) is 21.4 Å². The van der Waals surface area contributed by atoms with E-state index in [0.717, 1.165) is 24.0 Å². The number of furan rings is 2. The Bertz CT molecular complexity index is 2820. The average Bonchev–Trinajstić information content (AvgIpc) is 3.82. The van der Waals surface area contributed by atoms with Gasteiger partial charge in [0, 0.05) is 77.4 Å². The molecule has 2 aliphatic heterocycles. The summed E-state index contributed by atoms with van der Waals surface area (Å²) in [5.41, 5.74) is 10.9. The lowest BCUT2D eigenvalue weighted by Crippen LogP contribution is -2.55. The van der Waals surface area contributed by atoms with Gasteiger partial charge in [-0.1, -0.05) is 76.9 Å². The van der Waals surface area contributed by atoms with Crippen LogP contribution in [0.2, 0.25) is 10.0 Å². The molecule has 2 fully saturated rings. The number of benzene rings is 2. The molecule has 6 aromatic rings. The number of carbonyl (C=O) groups excluding carboxylic acids is 3. The van der Waals surface area contributed by atoms with Gasteiger partial charge >= 0.3 is 0 Å². The number of amides is 2. The molecule has 1 unspecified atom stereocenters. The van der Waals surface area contributed by atoms with E-state index >= 15 is 0 Å². The Morgan fingerprint density at radius 2 is 1.14 bits per heavy atom. The Labute approximate surface area is 382 Å². The van der Waals surface area contributed by atoms with Crippen LogP contribution in [0.15, 0.2) is 69.5 Å². The van der Waals surface area contributed by atoms with E-state index in [1.165, 1.54) is 24.3 Å². The normalized spacial score (nSPS) is 17.7. The Kier molecular flexibility index (Phi) is 12.4. The fraction of sp³-hybridized carbons (Fsp3) is 0.420. The number of ketones is 1. The Hall–Kier alpha value is -5.17. The predicted molar refractivity (Wildman–Crippen MR) is 248 cm³/mol. The standard InChI is InChI=1S/C25H29ClFN3O2.C25H26ClFN2O3/c1-24(2,3)16-11-19(14-6-7-17(26)18(27)10-14)29-20-12-21(32-22(16)20)23(31)30-9-8-15(28)13-25(30,4)5;1-24(2,3)16-11-19(14-6-7-17(26)18(27)10-14)28-20-12-21(32-22(16)20)23(31)29-9-8-15(30)13-25(29,4)5/h6-7,10-12,15H,8-9,13,28H2,1-5H3;6-7,10-12H,8-9,13H2,1-5H3. The van der Waals surface area contributed by atoms with Crippen molar-refractivity contribution in [2.24, 2.45) is 5.73 Å². The molecule has 0 radical (unpaired) electrons. The summed E-state index contributed by atoms with van der Waals surface area (Å²) >= 11 is 11.7. The van der Waals surface area contributed by atoms with Crippen LogP contribution in [-0.4, -0.2) is 67.6 Å². The number of halogens is 4. The summed E-state index contributed by atoms with van der Waals surface area (Å²) in [5.74, 6) is -0.871. The van der Waals surface area contributed by atoms with Gasteiger partial charge in [-0.15, -0.1) is 0 Å². The molecule has 2 amide bonds. The van der Waals surface area contributed by atoms with Crippen molar-refractivity contribution in [2.75, 3.05) is 13.1 Å². The molecule has 2 aromatic carbocycles. The predicted octanol–water partition coefficient (Wildman–Crippen LogP) is 12.1. The van der Waals surface area contributed by atoms with Crippen LogP contribution < -0.4 is 5.73 Å². The zero-order valence-corrected chi connectivity index (χ0v) is 39.5. The SMILES string of the molecule is CC(C)(C)c1cc(-c2ccc(Cl)c(F)c2)nc2cc(C(=O)N3CCC(=O)CC3(C)C)oc12.CC(C)(C)c1cc(-c2ccc(Cl)c(F)c2)nc2cc(C(=O)N3CCC(N)CC3(C)C)oc12. The molecule has 0 saturated carbocycles. The number of Topliss-reactive ketones (excluding diaryl/α,β-unsaturated/α-hetero) is 1. The van der Waals surface area contributed by atoms with Crippen molar-refractivity contribution >= 4 is 63.0 Å². The Morgan fingerprint density at radius 1 is 0.703 bits per heavy atom. The molecular weight excluding hydrogens is 859 g/mol. The van der Waals surface area contributed by atoms with E-state index in [1.54, 1.807) is 29.2 Å². The van der Waals surface area contributed by atoms with Crippen molar-refractivity contribution in [3.63, 3.8) is 0 Å². The van der Waals surface area contributed by atoms with Gasteiger partial charge in [-0.3, -0.25) is 14.4 Å². The lowest BCUT2D eigenvalue weighted by Gasteiger charge is -2.44. The average molecular weight is 915 g/mol. The maximum Gasteiger partial charge on any atom is 0.290 e. The van der Waals surface area contributed by atoms with Gasteiger partial charge in [0.2, 0.25) is 0 Å². The summed E-state index contributed by atoms with van der Waals surface area (Å²) < 4.78 is 40.3. The fourth-order valence-corrected chi connectivity index (χ4v) is 8.89. The van der Waals surface area contributed by atoms with E-state index in [0.29, 0.717) is 70.6 Å². The van der Waals surface area contributed by atoms with Gasteiger partial charge in [-0.05, 0) is 87.8 Å². The first-order valence-electron chi connectivity index (χ1n) is 21.5. The Balaban J connectivity index is 0.000000191. The second-order valence-electron chi connectivity index (χ2n) is 20.3. The zero-order valence-electron chi connectivity index (χ0n) is 38.0. The van der Waals surface area contributed by atoms with Crippen LogP contribution in [-0.2, 0) is 15.6 Å². The smallest absolute Gasteiger partial charge is 0.290 e. The van der Waals surface area contributed by atoms with Crippen LogP contribution >= 0.6 is 23.2 Å². The molecule has 14 heteroatoms. The first kappa shape index (κ1) is 46.8. The monoisotopic (exact) mass is 913 g/mol. The molecule has 0 aliphatic carbocycles. The van der Waals surface area contributed by atoms with E-state index in [2.05, 4.69) is 25.8 Å². The fourth-order valence-electron chi connectivity index (χ4n) is 8.65. The molecule has 64 heavy (non-hydrogen) atoms. The number of nitrogens with zero attached hydrogens (tertiary/aromatic N) is 4. The van der Waals surface area contributed by atoms with E-state index in [-0.39, 0.29) is 61.6 Å². The van der Waals surface area contributed by atoms with Gasteiger partial charge in [-0.2, -0.15) is 0 Å². The third kappa shape index (κ3) is 9.46. The van der Waals surface area contributed by atoms with Crippen molar-refractivity contribution in [2.45, 2.75) is 123 Å². The van der Waals surface area contributed by atoms with Crippen LogP contribution in [0.1, 0.15) is 127 Å². The minimum absolute atomic E-state index is 0.0460. The molecule has 1 atom stereocenters. The van der Waals surface area contributed by atoms with Gasteiger partial charge in [-0.25, -0.2) is 18.7 Å². The second kappa shape index (κ2) is 17.0. The highest BCUT2D eigenvalue weighted by molar-refractivity contribution is 6.31. The lowest BCUT2D eigenvalue weighted by atomic mass is 9.86. The number of fused-ring (bicyclic) bond motifs is 2. The van der Waals surface area contributed by atoms with Crippen LogP contribution in [0.4, 0.5) is 8.78 Å². The number of hydrogen-bond donors (Lipinski definition) is 1. The summed E-state index contributed by atoms with van der Waals surface area (Å²) in [6.07, 6.45) is 2.15. The zero-order chi connectivity index (χ0) is 46.8.